The molecule has 1 saturated carbocycles. The highest BCUT2D eigenvalue weighted by Crippen LogP contribution is 2.25. The van der Waals surface area contributed by atoms with Crippen molar-refractivity contribution in [2.75, 3.05) is 14.2 Å². The number of amides is 1. The minimum Gasteiger partial charge on any atom is -0.476 e. The Labute approximate surface area is 109 Å². The number of carboxylic acid groups (broad SMARTS) is 1. The molecule has 0 radical (unpaired) electrons. The molecule has 8 nitrogen and oxygen atoms in total. The third kappa shape index (κ3) is 2.90. The van der Waals surface area contributed by atoms with Crippen LogP contribution in [0.1, 0.15) is 29.0 Å². The van der Waals surface area contributed by atoms with Gasteiger partial charge in [-0.1, -0.05) is 5.21 Å². The molecule has 104 valence electrons. The van der Waals surface area contributed by atoms with E-state index in [1.54, 1.807) is 11.9 Å². The van der Waals surface area contributed by atoms with E-state index in [1.807, 2.05) is 0 Å². The third-order valence-electron chi connectivity index (χ3n) is 3.09. The van der Waals surface area contributed by atoms with Gasteiger partial charge in [0.2, 0.25) is 5.91 Å². The zero-order valence-electron chi connectivity index (χ0n) is 10.9. The fourth-order valence-corrected chi connectivity index (χ4v) is 1.81. The smallest absolute Gasteiger partial charge is 0.358 e. The van der Waals surface area contributed by atoms with Crippen molar-refractivity contribution in [2.24, 2.45) is 0 Å². The average Bonchev–Trinajstić information content (AvgIpc) is 3.13. The minimum atomic E-state index is -1.18. The number of carbonyl (C=O) groups is 2. The summed E-state index contributed by atoms with van der Waals surface area (Å²) in [5.41, 5.74) is 0.122. The molecule has 0 bridgehead atoms. The molecule has 1 fully saturated rings. The summed E-state index contributed by atoms with van der Waals surface area (Å²) in [4.78, 5) is 24.6. The number of carboxylic acids is 1. The quantitative estimate of drug-likeness (QED) is 0.763. The standard InChI is InChI=1S/C11H16N4O4/c1-14(7-3-4-7)9(16)5-15-8(6-19-2)10(11(17)18)12-13-15/h7H,3-6H2,1-2H3,(H,17,18). The molecular weight excluding hydrogens is 252 g/mol. The van der Waals surface area contributed by atoms with Crippen molar-refractivity contribution in [1.82, 2.24) is 19.9 Å². The number of hydrogen-bond donors (Lipinski definition) is 1. The highest BCUT2D eigenvalue weighted by atomic mass is 16.5. The van der Waals surface area contributed by atoms with Crippen molar-refractivity contribution in [3.8, 4) is 0 Å². The minimum absolute atomic E-state index is 0.0219. The zero-order chi connectivity index (χ0) is 14.0. The van der Waals surface area contributed by atoms with E-state index in [0.29, 0.717) is 11.7 Å². The van der Waals surface area contributed by atoms with Gasteiger partial charge in [0.05, 0.1) is 12.3 Å². The molecule has 19 heavy (non-hydrogen) atoms. The van der Waals surface area contributed by atoms with E-state index in [0.717, 1.165) is 12.8 Å². The lowest BCUT2D eigenvalue weighted by Gasteiger charge is -2.16. The van der Waals surface area contributed by atoms with Gasteiger partial charge in [0.25, 0.3) is 0 Å². The second-order valence-electron chi connectivity index (χ2n) is 4.52. The normalized spacial score (nSPS) is 14.4. The molecule has 1 aromatic rings. The topological polar surface area (TPSA) is 97.5 Å². The first-order chi connectivity index (χ1) is 9.04. The van der Waals surface area contributed by atoms with Crippen LogP contribution in [0.15, 0.2) is 0 Å². The van der Waals surface area contributed by atoms with Crippen molar-refractivity contribution in [3.63, 3.8) is 0 Å². The van der Waals surface area contributed by atoms with Gasteiger partial charge in [-0.15, -0.1) is 5.10 Å². The van der Waals surface area contributed by atoms with Crippen LogP contribution in [0.5, 0.6) is 0 Å². The Balaban J connectivity index is 2.14. The van der Waals surface area contributed by atoms with Gasteiger partial charge in [-0.05, 0) is 12.8 Å². The third-order valence-corrected chi connectivity index (χ3v) is 3.09. The van der Waals surface area contributed by atoms with Crippen molar-refractivity contribution in [1.29, 1.82) is 0 Å². The van der Waals surface area contributed by atoms with Crippen molar-refractivity contribution >= 4 is 11.9 Å². The van der Waals surface area contributed by atoms with Crippen LogP contribution in [-0.4, -0.2) is 57.1 Å². The second kappa shape index (κ2) is 5.35. The van der Waals surface area contributed by atoms with Gasteiger partial charge < -0.3 is 14.7 Å². The predicted molar refractivity (Wildman–Crippen MR) is 63.5 cm³/mol. The van der Waals surface area contributed by atoms with Crippen LogP contribution < -0.4 is 0 Å². The zero-order valence-corrected chi connectivity index (χ0v) is 10.9. The van der Waals surface area contributed by atoms with Crippen molar-refractivity contribution in [2.45, 2.75) is 32.0 Å². The molecule has 0 saturated heterocycles. The number of carbonyl (C=O) groups excluding carboxylic acids is 1. The Morgan fingerprint density at radius 3 is 2.74 bits per heavy atom. The Bertz CT molecular complexity index is 495. The number of hydrogen-bond acceptors (Lipinski definition) is 5. The van der Waals surface area contributed by atoms with Gasteiger partial charge in [0, 0.05) is 20.2 Å². The first-order valence-electron chi connectivity index (χ1n) is 5.94. The SMILES string of the molecule is COCc1c(C(=O)O)nnn1CC(=O)N(C)C1CC1. The summed E-state index contributed by atoms with van der Waals surface area (Å²) >= 11 is 0. The van der Waals surface area contributed by atoms with Crippen LogP contribution in [0.25, 0.3) is 0 Å². The molecule has 1 aliphatic rings. The summed E-state index contributed by atoms with van der Waals surface area (Å²) in [5.74, 6) is -1.29. The van der Waals surface area contributed by atoms with Crippen LogP contribution in [-0.2, 0) is 22.7 Å². The monoisotopic (exact) mass is 268 g/mol. The van der Waals surface area contributed by atoms with Crippen LogP contribution in [0.2, 0.25) is 0 Å². The van der Waals surface area contributed by atoms with Crippen molar-refractivity contribution < 1.29 is 19.4 Å². The number of aromatic nitrogens is 3. The molecule has 8 heteroatoms. The first-order valence-corrected chi connectivity index (χ1v) is 5.94. The summed E-state index contributed by atoms with van der Waals surface area (Å²) in [7, 11) is 3.19. The lowest BCUT2D eigenvalue weighted by atomic mass is 10.3. The van der Waals surface area contributed by atoms with E-state index in [1.165, 1.54) is 11.8 Å². The fraction of sp³-hybridized carbons (Fsp3) is 0.636. The highest BCUT2D eigenvalue weighted by Gasteiger charge is 2.30. The Morgan fingerprint density at radius 2 is 2.21 bits per heavy atom. The number of nitrogens with zero attached hydrogens (tertiary/aromatic N) is 4. The van der Waals surface area contributed by atoms with E-state index >= 15 is 0 Å². The van der Waals surface area contributed by atoms with Gasteiger partial charge in [-0.2, -0.15) is 0 Å². The largest absolute Gasteiger partial charge is 0.476 e. The predicted octanol–water partition coefficient (Wildman–Crippen LogP) is -0.256. The van der Waals surface area contributed by atoms with Gasteiger partial charge in [-0.25, -0.2) is 9.48 Å². The summed E-state index contributed by atoms with van der Waals surface area (Å²) in [5, 5.41) is 16.3. The van der Waals surface area contributed by atoms with E-state index in [9.17, 15) is 9.59 Å². The second-order valence-corrected chi connectivity index (χ2v) is 4.52. The van der Waals surface area contributed by atoms with Gasteiger partial charge in [0.15, 0.2) is 5.69 Å². The lowest BCUT2D eigenvalue weighted by molar-refractivity contribution is -0.131. The van der Waals surface area contributed by atoms with Crippen LogP contribution in [0.3, 0.4) is 0 Å². The summed E-state index contributed by atoms with van der Waals surface area (Å²) in [6, 6.07) is 0.306. The highest BCUT2D eigenvalue weighted by molar-refractivity contribution is 5.86. The summed E-state index contributed by atoms with van der Waals surface area (Å²) in [6.45, 7) is 0.0288. The number of rotatable bonds is 6. The maximum atomic E-state index is 12.0. The van der Waals surface area contributed by atoms with Crippen LogP contribution >= 0.6 is 0 Å². The molecule has 0 atom stereocenters. The molecule has 1 heterocycles. The molecular formula is C11H16N4O4. The Kier molecular flexibility index (Phi) is 3.79. The van der Waals surface area contributed by atoms with Gasteiger partial charge in [-0.3, -0.25) is 4.79 Å². The van der Waals surface area contributed by atoms with E-state index in [4.69, 9.17) is 9.84 Å². The lowest BCUT2D eigenvalue weighted by Crippen LogP contribution is -2.32. The molecule has 0 spiro atoms. The molecule has 2 rings (SSSR count). The first kappa shape index (κ1) is 13.5. The Hall–Kier alpha value is -1.96. The number of likely N-dealkylation sites (N-methyl/N-ethyl adjacent to an activating group) is 1. The maximum Gasteiger partial charge on any atom is 0.358 e. The average molecular weight is 268 g/mol. The van der Waals surface area contributed by atoms with Crippen LogP contribution in [0, 0.1) is 0 Å². The van der Waals surface area contributed by atoms with E-state index < -0.39 is 5.97 Å². The number of methoxy groups -OCH3 is 1. The summed E-state index contributed by atoms with van der Waals surface area (Å²) < 4.78 is 6.22. The number of ether oxygens (including phenoxy) is 1. The van der Waals surface area contributed by atoms with Gasteiger partial charge >= 0.3 is 5.97 Å². The number of aromatic carboxylic acids is 1. The molecule has 1 aromatic heterocycles. The van der Waals surface area contributed by atoms with Gasteiger partial charge in [0.1, 0.15) is 6.54 Å². The molecule has 0 aliphatic heterocycles. The van der Waals surface area contributed by atoms with E-state index in [2.05, 4.69) is 10.3 Å². The van der Waals surface area contributed by atoms with Crippen LogP contribution in [0.4, 0.5) is 0 Å². The molecule has 1 aliphatic carbocycles. The molecule has 1 N–H and O–H groups in total. The fourth-order valence-electron chi connectivity index (χ4n) is 1.81. The Morgan fingerprint density at radius 1 is 1.53 bits per heavy atom. The maximum absolute atomic E-state index is 12.0. The van der Waals surface area contributed by atoms with E-state index in [-0.39, 0.29) is 24.8 Å². The van der Waals surface area contributed by atoms with Crippen molar-refractivity contribution in [3.05, 3.63) is 11.4 Å². The molecule has 0 aromatic carbocycles. The molecule has 0 unspecified atom stereocenters. The molecule has 1 amide bonds. The summed E-state index contributed by atoms with van der Waals surface area (Å²) in [6.07, 6.45) is 2.04.